The van der Waals surface area contributed by atoms with Crippen molar-refractivity contribution in [3.05, 3.63) is 52.9 Å². The normalized spacial score (nSPS) is 14.9. The van der Waals surface area contributed by atoms with Crippen molar-refractivity contribution in [2.24, 2.45) is 0 Å². The minimum atomic E-state index is -0.219. The lowest BCUT2D eigenvalue weighted by molar-refractivity contribution is -0.113. The number of thioether (sulfide) groups is 1. The fourth-order valence-corrected chi connectivity index (χ4v) is 3.93. The lowest BCUT2D eigenvalue weighted by atomic mass is 10.1. The maximum Gasteiger partial charge on any atom is 0.270 e. The van der Waals surface area contributed by atoms with Gasteiger partial charge in [0.2, 0.25) is 0 Å². The van der Waals surface area contributed by atoms with E-state index in [0.717, 1.165) is 5.56 Å². The van der Waals surface area contributed by atoms with Crippen LogP contribution >= 0.6 is 24.0 Å². The average Bonchev–Trinajstić information content (AvgIpc) is 2.99. The molecule has 8 heteroatoms. The first-order chi connectivity index (χ1) is 13.6. The second-order valence-corrected chi connectivity index (χ2v) is 7.22. The number of hydrogen-bond donors (Lipinski definition) is 0. The number of rotatable bonds is 6. The number of ether oxygens (including phenoxy) is 3. The zero-order chi connectivity index (χ0) is 20.1. The molecule has 0 atom stereocenters. The van der Waals surface area contributed by atoms with Gasteiger partial charge in [-0.3, -0.25) is 9.69 Å². The highest BCUT2D eigenvalue weighted by molar-refractivity contribution is 8.27. The standard InChI is InChI=1S/C20H16N2O4S2/c1-24-15-6-4-3-5-14(15)22-19(23)18(28-20(22)27)12-13-7-8-16(26-10-9-21)17(11-13)25-2/h3-8,11-12H,10H2,1-2H3/b18-12-. The van der Waals surface area contributed by atoms with Crippen molar-refractivity contribution >= 4 is 46.0 Å². The van der Waals surface area contributed by atoms with E-state index in [0.29, 0.717) is 32.2 Å². The summed E-state index contributed by atoms with van der Waals surface area (Å²) in [6, 6.07) is 14.4. The molecule has 0 radical (unpaired) electrons. The Morgan fingerprint density at radius 2 is 1.89 bits per heavy atom. The molecule has 0 bridgehead atoms. The van der Waals surface area contributed by atoms with Crippen molar-refractivity contribution in [1.29, 1.82) is 5.26 Å². The maximum absolute atomic E-state index is 13.0. The predicted octanol–water partition coefficient (Wildman–Crippen LogP) is 4.01. The zero-order valence-electron chi connectivity index (χ0n) is 15.2. The van der Waals surface area contributed by atoms with Crippen molar-refractivity contribution < 1.29 is 19.0 Å². The lowest BCUT2D eigenvalue weighted by Crippen LogP contribution is -2.27. The first kappa shape index (κ1) is 19.7. The van der Waals surface area contributed by atoms with Gasteiger partial charge < -0.3 is 14.2 Å². The first-order valence-corrected chi connectivity index (χ1v) is 9.40. The Morgan fingerprint density at radius 1 is 1.14 bits per heavy atom. The molecule has 2 aromatic rings. The smallest absolute Gasteiger partial charge is 0.270 e. The average molecular weight is 412 g/mol. The molecule has 6 nitrogen and oxygen atoms in total. The van der Waals surface area contributed by atoms with Crippen LogP contribution in [0.3, 0.4) is 0 Å². The number of thiocarbonyl (C=S) groups is 1. The Morgan fingerprint density at radius 3 is 2.61 bits per heavy atom. The van der Waals surface area contributed by atoms with Crippen molar-refractivity contribution in [1.82, 2.24) is 0 Å². The van der Waals surface area contributed by atoms with Crippen molar-refractivity contribution in [2.75, 3.05) is 25.7 Å². The molecule has 1 aliphatic heterocycles. The highest BCUT2D eigenvalue weighted by Crippen LogP contribution is 2.40. The molecule has 0 spiro atoms. The Labute approximate surface area is 172 Å². The van der Waals surface area contributed by atoms with E-state index in [9.17, 15) is 4.79 Å². The molecule has 0 unspecified atom stereocenters. The Balaban J connectivity index is 1.91. The van der Waals surface area contributed by atoms with Gasteiger partial charge in [0.25, 0.3) is 5.91 Å². The summed E-state index contributed by atoms with van der Waals surface area (Å²) in [6.07, 6.45) is 1.74. The van der Waals surface area contributed by atoms with E-state index in [4.69, 9.17) is 31.7 Å². The monoisotopic (exact) mass is 412 g/mol. The summed E-state index contributed by atoms with van der Waals surface area (Å²) in [5, 5.41) is 8.65. The summed E-state index contributed by atoms with van der Waals surface area (Å²) in [5.74, 6) is 1.29. The van der Waals surface area contributed by atoms with Crippen LogP contribution in [-0.2, 0) is 4.79 Å². The molecule has 0 aromatic heterocycles. The molecule has 1 heterocycles. The van der Waals surface area contributed by atoms with E-state index in [1.807, 2.05) is 18.2 Å². The number of amides is 1. The van der Waals surface area contributed by atoms with Crippen LogP contribution in [0.25, 0.3) is 6.08 Å². The van der Waals surface area contributed by atoms with Crippen LogP contribution in [-0.4, -0.2) is 31.1 Å². The van der Waals surface area contributed by atoms with Crippen LogP contribution in [0.1, 0.15) is 5.56 Å². The lowest BCUT2D eigenvalue weighted by Gasteiger charge is -2.17. The highest BCUT2D eigenvalue weighted by Gasteiger charge is 2.34. The molecule has 3 rings (SSSR count). The van der Waals surface area contributed by atoms with E-state index in [1.54, 1.807) is 43.5 Å². The molecule has 28 heavy (non-hydrogen) atoms. The van der Waals surface area contributed by atoms with Crippen molar-refractivity contribution in [2.45, 2.75) is 0 Å². The molecule has 0 N–H and O–H groups in total. The topological polar surface area (TPSA) is 71.8 Å². The molecule has 142 valence electrons. The highest BCUT2D eigenvalue weighted by atomic mass is 32.2. The van der Waals surface area contributed by atoms with Gasteiger partial charge in [0.15, 0.2) is 22.4 Å². The summed E-state index contributed by atoms with van der Waals surface area (Å²) in [6.45, 7) is -0.0761. The van der Waals surface area contributed by atoms with Gasteiger partial charge in [-0.25, -0.2) is 0 Å². The molecule has 2 aromatic carbocycles. The van der Waals surface area contributed by atoms with E-state index >= 15 is 0 Å². The minimum absolute atomic E-state index is 0.0761. The number of carbonyl (C=O) groups is 1. The third-order valence-electron chi connectivity index (χ3n) is 3.90. The third-order valence-corrected chi connectivity index (χ3v) is 5.20. The van der Waals surface area contributed by atoms with Crippen LogP contribution in [0.5, 0.6) is 17.2 Å². The number of anilines is 1. The molecular formula is C20H16N2O4S2. The number of nitriles is 1. The molecule has 0 aliphatic carbocycles. The summed E-state index contributed by atoms with van der Waals surface area (Å²) in [7, 11) is 3.06. The van der Waals surface area contributed by atoms with Crippen LogP contribution < -0.4 is 19.1 Å². The van der Waals surface area contributed by atoms with Crippen LogP contribution in [0.15, 0.2) is 47.4 Å². The van der Waals surface area contributed by atoms with E-state index in [-0.39, 0.29) is 12.5 Å². The molecule has 1 fully saturated rings. The van der Waals surface area contributed by atoms with Crippen molar-refractivity contribution in [3.63, 3.8) is 0 Å². The number of benzene rings is 2. The Kier molecular flexibility index (Phi) is 6.19. The van der Waals surface area contributed by atoms with E-state index in [2.05, 4.69) is 0 Å². The van der Waals surface area contributed by atoms with E-state index in [1.165, 1.54) is 23.8 Å². The van der Waals surface area contributed by atoms with Crippen molar-refractivity contribution in [3.8, 4) is 23.3 Å². The molecule has 1 aliphatic rings. The Hall–Kier alpha value is -3.02. The molecule has 1 saturated heterocycles. The number of hydrogen-bond acceptors (Lipinski definition) is 7. The molecular weight excluding hydrogens is 396 g/mol. The fraction of sp³-hybridized carbons (Fsp3) is 0.150. The largest absolute Gasteiger partial charge is 0.495 e. The number of para-hydroxylation sites is 2. The maximum atomic E-state index is 13.0. The number of nitrogens with zero attached hydrogens (tertiary/aromatic N) is 2. The third kappa shape index (κ3) is 3.96. The first-order valence-electron chi connectivity index (χ1n) is 8.17. The Bertz CT molecular complexity index is 998. The summed E-state index contributed by atoms with van der Waals surface area (Å²) in [5.41, 5.74) is 1.36. The van der Waals surface area contributed by atoms with Gasteiger partial charge in [0.05, 0.1) is 24.8 Å². The summed E-state index contributed by atoms with van der Waals surface area (Å²) >= 11 is 6.63. The van der Waals surface area contributed by atoms with Crippen LogP contribution in [0.4, 0.5) is 5.69 Å². The van der Waals surface area contributed by atoms with Gasteiger partial charge in [-0.2, -0.15) is 5.26 Å². The predicted molar refractivity (Wildman–Crippen MR) is 113 cm³/mol. The van der Waals surface area contributed by atoms with Gasteiger partial charge in [-0.1, -0.05) is 42.2 Å². The van der Waals surface area contributed by atoms with Gasteiger partial charge in [-0.05, 0) is 35.9 Å². The second kappa shape index (κ2) is 8.78. The van der Waals surface area contributed by atoms with Gasteiger partial charge >= 0.3 is 0 Å². The summed E-state index contributed by atoms with van der Waals surface area (Å²) < 4.78 is 16.4. The molecule has 0 saturated carbocycles. The summed E-state index contributed by atoms with van der Waals surface area (Å²) in [4.78, 5) is 14.9. The quantitative estimate of drug-likeness (QED) is 0.524. The van der Waals surface area contributed by atoms with Gasteiger partial charge in [0.1, 0.15) is 11.8 Å². The minimum Gasteiger partial charge on any atom is -0.495 e. The number of carbonyl (C=O) groups excluding carboxylic acids is 1. The van der Waals surface area contributed by atoms with Crippen LogP contribution in [0, 0.1) is 11.3 Å². The SMILES string of the molecule is COc1cc(/C=C2\SC(=S)N(c3ccccc3OC)C2=O)ccc1OCC#N. The fourth-order valence-electron chi connectivity index (χ4n) is 2.64. The van der Waals surface area contributed by atoms with Gasteiger partial charge in [-0.15, -0.1) is 0 Å². The second-order valence-electron chi connectivity index (χ2n) is 5.55. The number of methoxy groups -OCH3 is 2. The van der Waals surface area contributed by atoms with E-state index < -0.39 is 0 Å². The van der Waals surface area contributed by atoms with Crippen LogP contribution in [0.2, 0.25) is 0 Å². The molecule has 1 amide bonds. The zero-order valence-corrected chi connectivity index (χ0v) is 16.8. The van der Waals surface area contributed by atoms with Gasteiger partial charge in [0, 0.05) is 0 Å².